The van der Waals surface area contributed by atoms with E-state index < -0.39 is 36.3 Å². The van der Waals surface area contributed by atoms with Crippen molar-refractivity contribution >= 4 is 17.1 Å². The second-order valence-corrected chi connectivity index (χ2v) is 4.96. The smallest absolute Gasteiger partial charge is 0.280 e. The summed E-state index contributed by atoms with van der Waals surface area (Å²) in [5.41, 5.74) is 2.46. The van der Waals surface area contributed by atoms with Crippen molar-refractivity contribution in [2.24, 2.45) is 0 Å². The topological polar surface area (TPSA) is 139 Å². The zero-order valence-electron chi connectivity index (χ0n) is 11.3. The van der Waals surface area contributed by atoms with Gasteiger partial charge in [0.25, 0.3) is 5.56 Å². The third-order valence-corrected chi connectivity index (χ3v) is 3.68. The Kier molecular flexibility index (Phi) is 3.24. The number of hydrogen-bond acceptors (Lipinski definition) is 7. The van der Waals surface area contributed by atoms with E-state index in [0.29, 0.717) is 0 Å². The van der Waals surface area contributed by atoms with Gasteiger partial charge in [-0.05, 0) is 6.08 Å². The van der Waals surface area contributed by atoms with Gasteiger partial charge in [-0.1, -0.05) is 6.58 Å². The van der Waals surface area contributed by atoms with E-state index in [-0.39, 0.29) is 17.1 Å². The van der Waals surface area contributed by atoms with Crippen LogP contribution in [-0.4, -0.2) is 54.2 Å². The van der Waals surface area contributed by atoms with Crippen LogP contribution in [0.5, 0.6) is 0 Å². The van der Waals surface area contributed by atoms with Crippen LogP contribution in [0.3, 0.4) is 0 Å². The SMILES string of the molecule is C=C[C@@]1(F)[C@H](O)[C@@H](CO)O[C@H]1n1cnc2c(=O)[nH]c(N)nc21. The van der Waals surface area contributed by atoms with E-state index >= 15 is 4.39 Å². The molecule has 0 unspecified atom stereocenters. The number of anilines is 1. The first-order valence-electron chi connectivity index (χ1n) is 6.41. The summed E-state index contributed by atoms with van der Waals surface area (Å²) >= 11 is 0. The minimum absolute atomic E-state index is 0.000847. The molecule has 0 aromatic carbocycles. The highest BCUT2D eigenvalue weighted by molar-refractivity contribution is 5.70. The molecule has 3 rings (SSSR count). The molecule has 1 saturated heterocycles. The van der Waals surface area contributed by atoms with Crippen LogP contribution in [0.1, 0.15) is 6.23 Å². The monoisotopic (exact) mass is 311 g/mol. The Labute approximate surface area is 122 Å². The Morgan fingerprint density at radius 3 is 3.05 bits per heavy atom. The third kappa shape index (κ3) is 1.85. The van der Waals surface area contributed by atoms with E-state index in [4.69, 9.17) is 10.5 Å². The van der Waals surface area contributed by atoms with Crippen LogP contribution in [0.2, 0.25) is 0 Å². The van der Waals surface area contributed by atoms with Crippen molar-refractivity contribution in [2.75, 3.05) is 12.3 Å². The normalized spacial score (nSPS) is 31.7. The first kappa shape index (κ1) is 14.6. The number of aliphatic hydroxyl groups is 2. The minimum atomic E-state index is -2.39. The summed E-state index contributed by atoms with van der Waals surface area (Å²) in [4.78, 5) is 21.8. The number of aromatic amines is 1. The van der Waals surface area contributed by atoms with Crippen LogP contribution < -0.4 is 11.3 Å². The molecule has 0 radical (unpaired) electrons. The summed E-state index contributed by atoms with van der Waals surface area (Å²) in [5.74, 6) is -0.167. The summed E-state index contributed by atoms with van der Waals surface area (Å²) in [6.07, 6.45) is -2.13. The van der Waals surface area contributed by atoms with Gasteiger partial charge in [0.15, 0.2) is 17.4 Å². The number of hydrogen-bond donors (Lipinski definition) is 4. The lowest BCUT2D eigenvalue weighted by Crippen LogP contribution is -2.41. The molecule has 0 aliphatic carbocycles. The highest BCUT2D eigenvalue weighted by atomic mass is 19.1. The largest absolute Gasteiger partial charge is 0.394 e. The lowest BCUT2D eigenvalue weighted by atomic mass is 9.96. The van der Waals surface area contributed by atoms with Crippen LogP contribution in [0.25, 0.3) is 11.2 Å². The van der Waals surface area contributed by atoms with Crippen LogP contribution in [0, 0.1) is 0 Å². The fourth-order valence-corrected chi connectivity index (χ4v) is 2.53. The number of aromatic nitrogens is 4. The Bertz CT molecular complexity index is 789. The van der Waals surface area contributed by atoms with Gasteiger partial charge in [-0.25, -0.2) is 9.37 Å². The van der Waals surface area contributed by atoms with Gasteiger partial charge < -0.3 is 20.7 Å². The number of nitrogens with one attached hydrogen (secondary N) is 1. The Hall–Kier alpha value is -2.30. The number of aliphatic hydroxyl groups excluding tert-OH is 2. The quantitative estimate of drug-likeness (QED) is 0.525. The first-order chi connectivity index (χ1) is 10.4. The Morgan fingerprint density at radius 1 is 1.68 bits per heavy atom. The molecule has 5 N–H and O–H groups in total. The number of ether oxygens (including phenoxy) is 1. The number of alkyl halides is 1. The molecule has 0 spiro atoms. The van der Waals surface area contributed by atoms with Gasteiger partial charge in [-0.15, -0.1) is 0 Å². The predicted molar refractivity (Wildman–Crippen MR) is 73.6 cm³/mol. The molecule has 0 amide bonds. The number of nitrogens with two attached hydrogens (primary N) is 1. The van der Waals surface area contributed by atoms with E-state index in [0.717, 1.165) is 17.0 Å². The molecule has 3 heterocycles. The number of rotatable bonds is 3. The highest BCUT2D eigenvalue weighted by Gasteiger charge is 2.56. The van der Waals surface area contributed by atoms with Crippen molar-refractivity contribution in [3.63, 3.8) is 0 Å². The number of halogens is 1. The van der Waals surface area contributed by atoms with E-state index in [9.17, 15) is 15.0 Å². The molecule has 1 aliphatic heterocycles. The molecule has 118 valence electrons. The second kappa shape index (κ2) is 4.87. The zero-order chi connectivity index (χ0) is 16.1. The number of H-pyrrole nitrogens is 1. The maximum absolute atomic E-state index is 15.0. The van der Waals surface area contributed by atoms with Crippen molar-refractivity contribution in [1.82, 2.24) is 19.5 Å². The van der Waals surface area contributed by atoms with Crippen molar-refractivity contribution in [1.29, 1.82) is 0 Å². The highest BCUT2D eigenvalue weighted by Crippen LogP contribution is 2.43. The molecule has 1 fully saturated rings. The van der Waals surface area contributed by atoms with Gasteiger partial charge in [0, 0.05) is 0 Å². The van der Waals surface area contributed by atoms with Crippen molar-refractivity contribution in [3.05, 3.63) is 29.3 Å². The molecular formula is C12H14FN5O4. The predicted octanol–water partition coefficient (Wildman–Crippen LogP) is -1.15. The van der Waals surface area contributed by atoms with Gasteiger partial charge in [-0.2, -0.15) is 4.98 Å². The Morgan fingerprint density at radius 2 is 2.41 bits per heavy atom. The summed E-state index contributed by atoms with van der Waals surface area (Å²) in [6.45, 7) is 2.78. The lowest BCUT2D eigenvalue weighted by Gasteiger charge is -2.25. The first-order valence-corrected chi connectivity index (χ1v) is 6.41. The van der Waals surface area contributed by atoms with Crippen molar-refractivity contribution < 1.29 is 19.3 Å². The molecule has 2 aromatic rings. The second-order valence-electron chi connectivity index (χ2n) is 4.96. The summed E-state index contributed by atoms with van der Waals surface area (Å²) < 4.78 is 21.5. The van der Waals surface area contributed by atoms with E-state index in [1.165, 1.54) is 0 Å². The van der Waals surface area contributed by atoms with Crippen LogP contribution >= 0.6 is 0 Å². The maximum Gasteiger partial charge on any atom is 0.280 e. The summed E-state index contributed by atoms with van der Waals surface area (Å²) in [6, 6.07) is 0. The number of nitrogen functional groups attached to an aromatic ring is 1. The summed E-state index contributed by atoms with van der Waals surface area (Å²) in [5, 5.41) is 19.2. The fourth-order valence-electron chi connectivity index (χ4n) is 2.53. The standard InChI is InChI=1S/C12H14FN5O4/c1-2-12(13)7(20)5(3-19)22-10(12)18-4-15-6-8(18)16-11(14)17-9(6)21/h2,4-5,7,10,19-20H,1,3H2,(H3,14,16,17,21)/t5-,7-,10-,12-/m1/s1. The van der Waals surface area contributed by atoms with Gasteiger partial charge >= 0.3 is 0 Å². The molecule has 22 heavy (non-hydrogen) atoms. The number of fused-ring (bicyclic) bond motifs is 1. The molecule has 9 nitrogen and oxygen atoms in total. The summed E-state index contributed by atoms with van der Waals surface area (Å²) in [7, 11) is 0. The number of nitrogens with zero attached hydrogens (tertiary/aromatic N) is 3. The van der Waals surface area contributed by atoms with Crippen molar-refractivity contribution in [3.8, 4) is 0 Å². The molecule has 1 aliphatic rings. The van der Waals surface area contributed by atoms with Gasteiger partial charge in [0.1, 0.15) is 12.2 Å². The maximum atomic E-state index is 15.0. The third-order valence-electron chi connectivity index (χ3n) is 3.68. The molecule has 2 aromatic heterocycles. The van der Waals surface area contributed by atoms with Crippen LogP contribution in [0.4, 0.5) is 10.3 Å². The minimum Gasteiger partial charge on any atom is -0.394 e. The van der Waals surface area contributed by atoms with E-state index in [1.807, 2.05) is 0 Å². The molecule has 10 heteroatoms. The molecular weight excluding hydrogens is 297 g/mol. The van der Waals surface area contributed by atoms with Crippen molar-refractivity contribution in [2.45, 2.75) is 24.1 Å². The fraction of sp³-hybridized carbons (Fsp3) is 0.417. The average molecular weight is 311 g/mol. The molecule has 4 atom stereocenters. The Balaban J connectivity index is 2.18. The zero-order valence-corrected chi connectivity index (χ0v) is 11.3. The van der Waals surface area contributed by atoms with Gasteiger partial charge in [0.2, 0.25) is 11.6 Å². The lowest BCUT2D eigenvalue weighted by molar-refractivity contribution is -0.0515. The average Bonchev–Trinajstić information content (AvgIpc) is 3.00. The van der Waals surface area contributed by atoms with Gasteiger partial charge in [-0.3, -0.25) is 14.3 Å². The molecule has 0 bridgehead atoms. The van der Waals surface area contributed by atoms with Crippen LogP contribution in [0.15, 0.2) is 23.8 Å². The van der Waals surface area contributed by atoms with Crippen LogP contribution in [-0.2, 0) is 4.74 Å². The molecule has 0 saturated carbocycles. The number of imidazole rings is 1. The van der Waals surface area contributed by atoms with E-state index in [1.54, 1.807) is 0 Å². The van der Waals surface area contributed by atoms with E-state index in [2.05, 4.69) is 21.5 Å². The van der Waals surface area contributed by atoms with Gasteiger partial charge in [0.05, 0.1) is 12.9 Å².